The second kappa shape index (κ2) is 5.17. The SMILES string of the molecule is CS(=O)(=O)c1cc(F)c2c(N[C@@H]3CN4CCC3CC4)noc2c1. The second-order valence-electron chi connectivity index (χ2n) is 6.47. The highest BCUT2D eigenvalue weighted by Gasteiger charge is 2.35. The Morgan fingerprint density at radius 3 is 2.70 bits per heavy atom. The van der Waals surface area contributed by atoms with Crippen LogP contribution in [0.5, 0.6) is 0 Å². The lowest BCUT2D eigenvalue weighted by atomic mass is 9.84. The number of nitrogens with zero attached hydrogens (tertiary/aromatic N) is 2. The predicted octanol–water partition coefficient (Wildman–Crippen LogP) is 1.88. The number of halogens is 1. The lowest BCUT2D eigenvalue weighted by Crippen LogP contribution is -2.53. The zero-order chi connectivity index (χ0) is 16.2. The van der Waals surface area contributed by atoms with Crippen molar-refractivity contribution in [3.63, 3.8) is 0 Å². The van der Waals surface area contributed by atoms with Crippen LogP contribution in [-0.4, -0.2) is 50.4 Å². The van der Waals surface area contributed by atoms with Crippen LogP contribution < -0.4 is 5.32 Å². The van der Waals surface area contributed by atoms with Gasteiger partial charge < -0.3 is 14.7 Å². The summed E-state index contributed by atoms with van der Waals surface area (Å²) in [5.74, 6) is 0.286. The Kier molecular flexibility index (Phi) is 3.35. The van der Waals surface area contributed by atoms with Crippen LogP contribution in [0.4, 0.5) is 10.2 Å². The first-order valence-electron chi connectivity index (χ1n) is 7.70. The van der Waals surface area contributed by atoms with Crippen LogP contribution in [0.1, 0.15) is 12.8 Å². The van der Waals surface area contributed by atoms with Crippen LogP contribution in [0.2, 0.25) is 0 Å². The standard InChI is InChI=1S/C15H18FN3O3S/c1-23(20,21)10-6-11(16)14-13(7-10)22-18-15(14)17-12-8-19-4-2-9(12)3-5-19/h6-7,9,12H,2-5,8H2,1H3,(H,17,18)/t12-/m1/s1. The Morgan fingerprint density at radius 2 is 2.09 bits per heavy atom. The maximum atomic E-state index is 14.4. The van der Waals surface area contributed by atoms with E-state index in [2.05, 4.69) is 15.4 Å². The number of rotatable bonds is 3. The lowest BCUT2D eigenvalue weighted by Gasteiger charge is -2.44. The minimum atomic E-state index is -3.50. The summed E-state index contributed by atoms with van der Waals surface area (Å²) in [7, 11) is -3.50. The molecule has 1 N–H and O–H groups in total. The fraction of sp³-hybridized carbons (Fsp3) is 0.533. The molecule has 4 heterocycles. The molecule has 1 aromatic carbocycles. The molecule has 6 nitrogen and oxygen atoms in total. The van der Waals surface area contributed by atoms with Gasteiger partial charge in [-0.15, -0.1) is 0 Å². The van der Waals surface area contributed by atoms with E-state index in [1.54, 1.807) is 0 Å². The van der Waals surface area contributed by atoms with E-state index in [0.29, 0.717) is 11.7 Å². The van der Waals surface area contributed by atoms with Gasteiger partial charge in [-0.25, -0.2) is 12.8 Å². The van der Waals surface area contributed by atoms with Crippen molar-refractivity contribution in [1.82, 2.24) is 10.1 Å². The molecule has 0 amide bonds. The van der Waals surface area contributed by atoms with Gasteiger partial charge in [-0.3, -0.25) is 0 Å². The van der Waals surface area contributed by atoms with Crippen molar-refractivity contribution in [3.05, 3.63) is 17.9 Å². The highest BCUT2D eigenvalue weighted by molar-refractivity contribution is 7.90. The quantitative estimate of drug-likeness (QED) is 0.920. The van der Waals surface area contributed by atoms with E-state index in [9.17, 15) is 12.8 Å². The molecule has 2 bridgehead atoms. The van der Waals surface area contributed by atoms with Gasteiger partial charge in [-0.05, 0) is 37.9 Å². The van der Waals surface area contributed by atoms with E-state index in [4.69, 9.17) is 4.52 Å². The monoisotopic (exact) mass is 339 g/mol. The summed E-state index contributed by atoms with van der Waals surface area (Å²) in [5, 5.41) is 7.43. The van der Waals surface area contributed by atoms with E-state index < -0.39 is 15.7 Å². The van der Waals surface area contributed by atoms with Crippen LogP contribution in [-0.2, 0) is 9.84 Å². The molecule has 1 aromatic heterocycles. The molecule has 23 heavy (non-hydrogen) atoms. The third-order valence-electron chi connectivity index (χ3n) is 4.91. The molecular formula is C15H18FN3O3S. The maximum Gasteiger partial charge on any atom is 0.180 e. The number of piperidine rings is 3. The summed E-state index contributed by atoms with van der Waals surface area (Å²) >= 11 is 0. The molecule has 1 atom stereocenters. The minimum Gasteiger partial charge on any atom is -0.362 e. The van der Waals surface area contributed by atoms with Crippen LogP contribution >= 0.6 is 0 Å². The van der Waals surface area contributed by atoms with Crippen LogP contribution in [0, 0.1) is 11.7 Å². The summed E-state index contributed by atoms with van der Waals surface area (Å²) in [4.78, 5) is 2.28. The van der Waals surface area contributed by atoms with E-state index in [1.807, 2.05) is 0 Å². The number of nitrogens with one attached hydrogen (secondary N) is 1. The van der Waals surface area contributed by atoms with E-state index >= 15 is 0 Å². The molecule has 3 aliphatic rings. The number of fused-ring (bicyclic) bond motifs is 4. The molecule has 0 unspecified atom stereocenters. The maximum absolute atomic E-state index is 14.4. The fourth-order valence-corrected chi connectivity index (χ4v) is 4.26. The Morgan fingerprint density at radius 1 is 1.35 bits per heavy atom. The van der Waals surface area contributed by atoms with E-state index in [-0.39, 0.29) is 21.9 Å². The average molecular weight is 339 g/mol. The average Bonchev–Trinajstić information content (AvgIpc) is 2.91. The first-order valence-corrected chi connectivity index (χ1v) is 9.59. The highest BCUT2D eigenvalue weighted by Crippen LogP contribution is 2.33. The van der Waals surface area contributed by atoms with Crippen LogP contribution in [0.25, 0.3) is 11.0 Å². The van der Waals surface area contributed by atoms with Crippen molar-refractivity contribution in [3.8, 4) is 0 Å². The highest BCUT2D eigenvalue weighted by atomic mass is 32.2. The molecule has 5 rings (SSSR count). The lowest BCUT2D eigenvalue weighted by molar-refractivity contribution is 0.0973. The van der Waals surface area contributed by atoms with Crippen molar-refractivity contribution in [2.24, 2.45) is 5.92 Å². The molecule has 0 spiro atoms. The number of hydrogen-bond acceptors (Lipinski definition) is 6. The minimum absolute atomic E-state index is 0.104. The van der Waals surface area contributed by atoms with Gasteiger partial charge in [0.25, 0.3) is 0 Å². The fourth-order valence-electron chi connectivity index (χ4n) is 3.62. The van der Waals surface area contributed by atoms with Gasteiger partial charge >= 0.3 is 0 Å². The van der Waals surface area contributed by atoms with Crippen molar-refractivity contribution in [1.29, 1.82) is 0 Å². The number of aromatic nitrogens is 1. The molecule has 124 valence electrons. The van der Waals surface area contributed by atoms with Gasteiger partial charge in [0, 0.05) is 24.9 Å². The zero-order valence-corrected chi connectivity index (χ0v) is 13.6. The van der Waals surface area contributed by atoms with E-state index in [0.717, 1.165) is 44.8 Å². The number of anilines is 1. The van der Waals surface area contributed by atoms with Crippen LogP contribution in [0.3, 0.4) is 0 Å². The topological polar surface area (TPSA) is 75.4 Å². The van der Waals surface area contributed by atoms with Gasteiger partial charge in [-0.1, -0.05) is 5.16 Å². The first-order chi connectivity index (χ1) is 10.9. The molecular weight excluding hydrogens is 321 g/mol. The zero-order valence-electron chi connectivity index (χ0n) is 12.8. The van der Waals surface area contributed by atoms with Gasteiger partial charge in [0.2, 0.25) is 0 Å². The van der Waals surface area contributed by atoms with E-state index in [1.165, 1.54) is 6.07 Å². The number of benzene rings is 1. The molecule has 0 aliphatic carbocycles. The Hall–Kier alpha value is -1.67. The largest absolute Gasteiger partial charge is 0.362 e. The van der Waals surface area contributed by atoms with Gasteiger partial charge in [0.05, 0.1) is 4.90 Å². The van der Waals surface area contributed by atoms with Gasteiger partial charge in [0.15, 0.2) is 21.2 Å². The Bertz CT molecular complexity index is 856. The normalized spacial score (nSPS) is 27.5. The summed E-state index contributed by atoms with van der Waals surface area (Å²) in [6.45, 7) is 3.16. The number of sulfone groups is 1. The smallest absolute Gasteiger partial charge is 0.180 e. The molecule has 3 saturated heterocycles. The summed E-state index contributed by atoms with van der Waals surface area (Å²) in [6, 6.07) is 2.57. The molecule has 0 saturated carbocycles. The number of hydrogen-bond donors (Lipinski definition) is 1. The Labute approximate surface area is 133 Å². The third kappa shape index (κ3) is 2.59. The Balaban J connectivity index is 1.69. The molecule has 3 fully saturated rings. The first kappa shape index (κ1) is 14.9. The predicted molar refractivity (Wildman–Crippen MR) is 83.7 cm³/mol. The molecule has 3 aliphatic heterocycles. The van der Waals surface area contributed by atoms with Crippen molar-refractivity contribution in [2.45, 2.75) is 23.8 Å². The van der Waals surface area contributed by atoms with Crippen LogP contribution in [0.15, 0.2) is 21.6 Å². The molecule has 2 aromatic rings. The van der Waals surface area contributed by atoms with Crippen molar-refractivity contribution >= 4 is 26.6 Å². The summed E-state index contributed by atoms with van der Waals surface area (Å²) < 4.78 is 42.7. The van der Waals surface area contributed by atoms with Crippen molar-refractivity contribution in [2.75, 3.05) is 31.2 Å². The van der Waals surface area contributed by atoms with Gasteiger partial charge in [-0.2, -0.15) is 0 Å². The molecule has 8 heteroatoms. The summed E-state index contributed by atoms with van der Waals surface area (Å²) in [6.07, 6.45) is 3.30. The third-order valence-corrected chi connectivity index (χ3v) is 6.00. The van der Waals surface area contributed by atoms with Gasteiger partial charge in [0.1, 0.15) is 11.2 Å². The van der Waals surface area contributed by atoms with Crippen molar-refractivity contribution < 1.29 is 17.3 Å². The molecule has 0 radical (unpaired) electrons. The summed E-state index contributed by atoms with van der Waals surface area (Å²) in [5.41, 5.74) is 0.147. The second-order valence-corrected chi connectivity index (χ2v) is 8.49.